The Morgan fingerprint density at radius 3 is 2.16 bits per heavy atom. The van der Waals surface area contributed by atoms with Crippen molar-refractivity contribution in [2.75, 3.05) is 31.1 Å². The number of allylic oxidation sites excluding steroid dienone is 2. The summed E-state index contributed by atoms with van der Waals surface area (Å²) in [5.41, 5.74) is 3.45. The number of carboxylic acid groups (broad SMARTS) is 1. The number of nitrogens with zero attached hydrogens (tertiary/aromatic N) is 1. The smallest absolute Gasteiger partial charge is 0.309 e. The molecule has 7 aliphatic rings. The number of anilines is 1. The van der Waals surface area contributed by atoms with E-state index in [-0.39, 0.29) is 56.9 Å². The molecule has 354 valence electrons. The van der Waals surface area contributed by atoms with Gasteiger partial charge in [0.1, 0.15) is 6.10 Å². The van der Waals surface area contributed by atoms with Crippen LogP contribution in [0.1, 0.15) is 176 Å². The number of Topliss-reactive ketones (excluding diaryl/α,β-unsaturated/α-hetero) is 1. The average Bonchev–Trinajstić information content (AvgIpc) is 3.52. The first kappa shape index (κ1) is 47.3. The Labute approximate surface area is 385 Å². The van der Waals surface area contributed by atoms with E-state index in [9.17, 15) is 24.3 Å². The molecule has 1 saturated heterocycles. The van der Waals surface area contributed by atoms with Crippen LogP contribution >= 0.6 is 0 Å². The fourth-order valence-electron chi connectivity index (χ4n) is 16.3. The van der Waals surface area contributed by atoms with Crippen LogP contribution in [0.15, 0.2) is 35.4 Å². The van der Waals surface area contributed by atoms with Crippen molar-refractivity contribution in [3.63, 3.8) is 0 Å². The number of amides is 1. The van der Waals surface area contributed by atoms with Crippen molar-refractivity contribution in [2.24, 2.45) is 68.0 Å². The van der Waals surface area contributed by atoms with Crippen LogP contribution in [0.25, 0.3) is 0 Å². The summed E-state index contributed by atoms with van der Waals surface area (Å²) >= 11 is 0. The van der Waals surface area contributed by atoms with Crippen molar-refractivity contribution in [1.82, 2.24) is 10.6 Å². The maximum atomic E-state index is 14.3. The lowest BCUT2D eigenvalue weighted by atomic mass is 9.33. The molecule has 10 atom stereocenters. The third kappa shape index (κ3) is 7.60. The number of aliphatic carboxylic acids is 1. The minimum Gasteiger partial charge on any atom is -0.481 e. The number of fused-ring (bicyclic) bond motifs is 7. The lowest BCUT2D eigenvalue weighted by Gasteiger charge is -2.72. The second kappa shape index (κ2) is 16.5. The number of hydrogen-bond acceptors (Lipinski definition) is 7. The lowest BCUT2D eigenvalue weighted by molar-refractivity contribution is -0.236. The number of piperidine rings is 1. The van der Waals surface area contributed by atoms with Crippen LogP contribution in [0.2, 0.25) is 0 Å². The number of ether oxygens (including phenoxy) is 1. The summed E-state index contributed by atoms with van der Waals surface area (Å²) < 4.78 is 6.46. The maximum Gasteiger partial charge on any atom is 0.309 e. The van der Waals surface area contributed by atoms with Crippen LogP contribution in [0.5, 0.6) is 0 Å². The topological polar surface area (TPSA) is 125 Å². The van der Waals surface area contributed by atoms with E-state index in [4.69, 9.17) is 4.74 Å². The summed E-state index contributed by atoms with van der Waals surface area (Å²) in [5, 5.41) is 16.8. The van der Waals surface area contributed by atoms with Crippen molar-refractivity contribution in [1.29, 1.82) is 0 Å². The highest BCUT2D eigenvalue weighted by Crippen LogP contribution is 2.77. The van der Waals surface area contributed by atoms with E-state index in [0.717, 1.165) is 83.0 Å². The molecule has 0 spiro atoms. The molecule has 3 N–H and O–H groups in total. The normalized spacial score (nSPS) is 37.8. The standard InChI is InChI=1S/C55H83N3O6/c1-34(2)44-40(59)32-55(27-28-56-33-49(3,4)57-46(60)35-15-17-36(18-16-35)58-29-13-12-14-30-58)26-25-53(10)37(45(44)55)19-20-42-52(9)23-22-43(51(7,8)41(52)21-24-54(42,53)11)64-48(63)39-31-38(47(61)62)50(39,5)6/h15-18,34,37-39,41-43,56H,12-14,19-33H2,1-11H3,(H,57,60)(H,61,62)/t37?,38-,39+,41-,42+,43-,52-,53+,54+,55+/m0/s1. The summed E-state index contributed by atoms with van der Waals surface area (Å²) in [7, 11) is 0. The van der Waals surface area contributed by atoms with Crippen LogP contribution < -0.4 is 15.5 Å². The highest BCUT2D eigenvalue weighted by Gasteiger charge is 2.70. The molecule has 0 aromatic heterocycles. The Hall–Kier alpha value is -3.20. The van der Waals surface area contributed by atoms with Crippen LogP contribution in [0.3, 0.4) is 0 Å². The van der Waals surface area contributed by atoms with Gasteiger partial charge >= 0.3 is 11.9 Å². The summed E-state index contributed by atoms with van der Waals surface area (Å²) in [5.74, 6) is -0.0575. The molecule has 1 heterocycles. The van der Waals surface area contributed by atoms with Crippen molar-refractivity contribution in [3.05, 3.63) is 41.0 Å². The van der Waals surface area contributed by atoms with Crippen LogP contribution in [-0.4, -0.2) is 66.6 Å². The predicted molar refractivity (Wildman–Crippen MR) is 254 cm³/mol. The molecule has 6 fully saturated rings. The fraction of sp³-hybridized carbons (Fsp3) is 0.782. The Balaban J connectivity index is 0.938. The number of carbonyl (C=O) groups is 4. The number of ketones is 1. The Morgan fingerprint density at radius 1 is 0.828 bits per heavy atom. The van der Waals surface area contributed by atoms with E-state index in [2.05, 4.69) is 90.0 Å². The molecule has 1 amide bonds. The van der Waals surface area contributed by atoms with Gasteiger partial charge in [-0.05, 0) is 179 Å². The van der Waals surface area contributed by atoms with Gasteiger partial charge in [0.25, 0.3) is 5.91 Å². The molecule has 9 nitrogen and oxygen atoms in total. The van der Waals surface area contributed by atoms with Crippen molar-refractivity contribution in [2.45, 2.75) is 178 Å². The summed E-state index contributed by atoms with van der Waals surface area (Å²) in [6, 6.07) is 8.09. The molecule has 6 aliphatic carbocycles. The third-order valence-electron chi connectivity index (χ3n) is 20.3. The maximum absolute atomic E-state index is 14.3. The van der Waals surface area contributed by atoms with Gasteiger partial charge in [-0.3, -0.25) is 19.2 Å². The van der Waals surface area contributed by atoms with Crippen LogP contribution in [0.4, 0.5) is 5.69 Å². The van der Waals surface area contributed by atoms with Crippen molar-refractivity contribution >= 4 is 29.3 Å². The number of nitrogens with one attached hydrogen (secondary N) is 2. The molecule has 1 aliphatic heterocycles. The first-order valence-electron chi connectivity index (χ1n) is 25.5. The first-order chi connectivity index (χ1) is 29.9. The van der Waals surface area contributed by atoms with Gasteiger partial charge in [0, 0.05) is 53.7 Å². The average molecular weight is 882 g/mol. The van der Waals surface area contributed by atoms with Crippen LogP contribution in [-0.2, 0) is 19.1 Å². The highest BCUT2D eigenvalue weighted by atomic mass is 16.5. The predicted octanol–water partition coefficient (Wildman–Crippen LogP) is 10.8. The van der Waals surface area contributed by atoms with E-state index >= 15 is 0 Å². The fourth-order valence-corrected chi connectivity index (χ4v) is 16.3. The van der Waals surface area contributed by atoms with Gasteiger partial charge in [0.2, 0.25) is 0 Å². The molecule has 0 bridgehead atoms. The van der Waals surface area contributed by atoms with Gasteiger partial charge in [-0.25, -0.2) is 0 Å². The Bertz CT molecular complexity index is 2030. The Kier molecular flexibility index (Phi) is 12.2. The van der Waals surface area contributed by atoms with E-state index in [0.29, 0.717) is 48.5 Å². The third-order valence-corrected chi connectivity index (χ3v) is 20.3. The molecule has 1 aromatic carbocycles. The number of esters is 1. The SMILES string of the molecule is CC(C)C1=C2C3CC[C@@H]4[C@@]5(C)CC[C@H](OC(=O)[C@H]6C[C@@H](C(=O)O)C6(C)C)C(C)(C)[C@@H]5CC[C@@]4(C)[C@]3(C)CC[C@@]2(CCNCC(C)(C)NC(=O)c2ccc(N3CCCCC3)cc2)CC1=O. The van der Waals surface area contributed by atoms with Gasteiger partial charge in [-0.2, -0.15) is 0 Å². The number of rotatable bonds is 12. The molecule has 9 heteroatoms. The zero-order chi connectivity index (χ0) is 46.4. The molecule has 5 saturated carbocycles. The zero-order valence-corrected chi connectivity index (χ0v) is 41.5. The lowest BCUT2D eigenvalue weighted by Crippen LogP contribution is -2.66. The molecular formula is C55H83N3O6. The van der Waals surface area contributed by atoms with E-state index in [1.54, 1.807) is 0 Å². The minimum absolute atomic E-state index is 0.0484. The molecule has 64 heavy (non-hydrogen) atoms. The molecule has 8 rings (SSSR count). The summed E-state index contributed by atoms with van der Waals surface area (Å²) in [6.07, 6.45) is 14.0. The van der Waals surface area contributed by atoms with Gasteiger partial charge < -0.3 is 25.4 Å². The van der Waals surface area contributed by atoms with E-state index in [1.807, 2.05) is 26.0 Å². The quantitative estimate of drug-likeness (QED) is 0.140. The number of hydrogen-bond donors (Lipinski definition) is 3. The minimum atomic E-state index is -0.822. The number of carbonyl (C=O) groups excluding carboxylic acids is 3. The number of carboxylic acids is 1. The van der Waals surface area contributed by atoms with Crippen molar-refractivity contribution in [3.8, 4) is 0 Å². The molecular weight excluding hydrogens is 799 g/mol. The summed E-state index contributed by atoms with van der Waals surface area (Å²) in [4.78, 5) is 55.6. The number of benzene rings is 1. The van der Waals surface area contributed by atoms with Crippen molar-refractivity contribution < 1.29 is 29.0 Å². The zero-order valence-electron chi connectivity index (χ0n) is 41.5. The van der Waals surface area contributed by atoms with E-state index in [1.165, 1.54) is 30.5 Å². The van der Waals surface area contributed by atoms with Gasteiger partial charge in [-0.15, -0.1) is 0 Å². The van der Waals surface area contributed by atoms with E-state index < -0.39 is 22.8 Å². The molecule has 0 radical (unpaired) electrons. The molecule has 1 aromatic rings. The second-order valence-electron chi connectivity index (χ2n) is 25.1. The first-order valence-corrected chi connectivity index (χ1v) is 25.5. The second-order valence-corrected chi connectivity index (χ2v) is 25.1. The van der Waals surface area contributed by atoms with Gasteiger partial charge in [0.05, 0.1) is 11.8 Å². The Morgan fingerprint density at radius 2 is 1.52 bits per heavy atom. The largest absolute Gasteiger partial charge is 0.481 e. The van der Waals surface area contributed by atoms with Gasteiger partial charge in [0.15, 0.2) is 5.78 Å². The van der Waals surface area contributed by atoms with Crippen LogP contribution in [0, 0.1) is 68.0 Å². The van der Waals surface area contributed by atoms with Gasteiger partial charge in [-0.1, -0.05) is 67.9 Å². The molecule has 1 unspecified atom stereocenters. The summed E-state index contributed by atoms with van der Waals surface area (Å²) in [6.45, 7) is 28.5. The monoisotopic (exact) mass is 882 g/mol. The highest BCUT2D eigenvalue weighted by molar-refractivity contribution is 6.00.